The number of amides is 1. The van der Waals surface area contributed by atoms with Crippen molar-refractivity contribution >= 4 is 17.2 Å². The molecule has 15 heavy (non-hydrogen) atoms. The zero-order valence-corrected chi connectivity index (χ0v) is 9.80. The summed E-state index contributed by atoms with van der Waals surface area (Å²) in [6, 6.07) is 0.272. The number of piperazine rings is 1. The van der Waals surface area contributed by atoms with Gasteiger partial charge in [0.1, 0.15) is 4.88 Å². The molecule has 1 aromatic heterocycles. The number of thiazole rings is 1. The summed E-state index contributed by atoms with van der Waals surface area (Å²) in [5.74, 6) is 0.120. The SMILES string of the molecule is Cc1ncc(C(=O)N2CCNC[C@@H]2C)s1. The lowest BCUT2D eigenvalue weighted by atomic mass is 10.2. The van der Waals surface area contributed by atoms with Crippen molar-refractivity contribution in [1.29, 1.82) is 0 Å². The summed E-state index contributed by atoms with van der Waals surface area (Å²) in [6.07, 6.45) is 1.68. The number of rotatable bonds is 1. The molecule has 0 saturated carbocycles. The molecule has 0 spiro atoms. The molecule has 1 saturated heterocycles. The van der Waals surface area contributed by atoms with E-state index >= 15 is 0 Å². The van der Waals surface area contributed by atoms with Crippen molar-refractivity contribution < 1.29 is 4.79 Å². The summed E-state index contributed by atoms with van der Waals surface area (Å²) in [5.41, 5.74) is 0. The van der Waals surface area contributed by atoms with Gasteiger partial charge >= 0.3 is 0 Å². The van der Waals surface area contributed by atoms with Gasteiger partial charge in [-0.3, -0.25) is 4.79 Å². The lowest BCUT2D eigenvalue weighted by molar-refractivity contribution is 0.0660. The van der Waals surface area contributed by atoms with E-state index in [2.05, 4.69) is 17.2 Å². The van der Waals surface area contributed by atoms with Gasteiger partial charge in [0, 0.05) is 25.7 Å². The molecule has 1 N–H and O–H groups in total. The van der Waals surface area contributed by atoms with E-state index in [9.17, 15) is 4.79 Å². The Morgan fingerprint density at radius 2 is 2.53 bits per heavy atom. The molecule has 0 radical (unpaired) electrons. The quantitative estimate of drug-likeness (QED) is 0.772. The highest BCUT2D eigenvalue weighted by Gasteiger charge is 2.24. The lowest BCUT2D eigenvalue weighted by Crippen LogP contribution is -2.52. The first-order valence-electron chi connectivity index (χ1n) is 5.12. The summed E-state index contributed by atoms with van der Waals surface area (Å²) in [4.78, 5) is 18.9. The molecule has 1 aliphatic heterocycles. The first-order chi connectivity index (χ1) is 7.18. The third kappa shape index (κ3) is 2.18. The van der Waals surface area contributed by atoms with Crippen LogP contribution in [0.2, 0.25) is 0 Å². The molecule has 4 nitrogen and oxygen atoms in total. The lowest BCUT2D eigenvalue weighted by Gasteiger charge is -2.33. The molecule has 82 valence electrons. The Morgan fingerprint density at radius 3 is 3.13 bits per heavy atom. The van der Waals surface area contributed by atoms with E-state index in [1.807, 2.05) is 11.8 Å². The molecule has 0 bridgehead atoms. The maximum Gasteiger partial charge on any atom is 0.265 e. The van der Waals surface area contributed by atoms with Crippen molar-refractivity contribution in [3.8, 4) is 0 Å². The van der Waals surface area contributed by atoms with Gasteiger partial charge in [-0.05, 0) is 13.8 Å². The molecular formula is C10H15N3OS. The van der Waals surface area contributed by atoms with Crippen molar-refractivity contribution in [2.24, 2.45) is 0 Å². The first kappa shape index (κ1) is 10.6. The Balaban J connectivity index is 2.13. The van der Waals surface area contributed by atoms with Gasteiger partial charge in [0.15, 0.2) is 0 Å². The van der Waals surface area contributed by atoms with Crippen LogP contribution in [-0.2, 0) is 0 Å². The van der Waals surface area contributed by atoms with Crippen LogP contribution < -0.4 is 5.32 Å². The van der Waals surface area contributed by atoms with Crippen LogP contribution in [0.25, 0.3) is 0 Å². The fourth-order valence-electron chi connectivity index (χ4n) is 1.74. The van der Waals surface area contributed by atoms with Gasteiger partial charge in [-0.15, -0.1) is 11.3 Å². The molecular weight excluding hydrogens is 210 g/mol. The second-order valence-electron chi connectivity index (χ2n) is 3.80. The van der Waals surface area contributed by atoms with E-state index in [0.717, 1.165) is 29.5 Å². The second kappa shape index (κ2) is 4.28. The Bertz CT molecular complexity index is 363. The zero-order valence-electron chi connectivity index (χ0n) is 8.99. The van der Waals surface area contributed by atoms with Gasteiger partial charge in [-0.2, -0.15) is 0 Å². The van der Waals surface area contributed by atoms with Crippen LogP contribution in [0.3, 0.4) is 0 Å². The molecule has 1 fully saturated rings. The predicted molar refractivity (Wildman–Crippen MR) is 60.2 cm³/mol. The van der Waals surface area contributed by atoms with E-state index in [1.54, 1.807) is 6.20 Å². The van der Waals surface area contributed by atoms with E-state index in [1.165, 1.54) is 11.3 Å². The summed E-state index contributed by atoms with van der Waals surface area (Å²) >= 11 is 1.47. The minimum absolute atomic E-state index is 0.120. The van der Waals surface area contributed by atoms with E-state index in [4.69, 9.17) is 0 Å². The Morgan fingerprint density at radius 1 is 1.73 bits per heavy atom. The summed E-state index contributed by atoms with van der Waals surface area (Å²) in [6.45, 7) is 6.54. The minimum atomic E-state index is 0.120. The van der Waals surface area contributed by atoms with Gasteiger partial charge in [0.05, 0.1) is 11.2 Å². The van der Waals surface area contributed by atoms with Crippen LogP contribution in [0.1, 0.15) is 21.6 Å². The van der Waals surface area contributed by atoms with Crippen LogP contribution in [0.15, 0.2) is 6.20 Å². The van der Waals surface area contributed by atoms with Crippen LogP contribution >= 0.6 is 11.3 Å². The standard InChI is InChI=1S/C10H15N3OS/c1-7-5-11-3-4-13(7)10(14)9-6-12-8(2)15-9/h6-7,11H,3-5H2,1-2H3/t7-/m0/s1. The molecule has 5 heteroatoms. The number of carbonyl (C=O) groups is 1. The van der Waals surface area contributed by atoms with Crippen LogP contribution in [-0.4, -0.2) is 41.5 Å². The number of aryl methyl sites for hydroxylation is 1. The molecule has 0 aromatic carbocycles. The Hall–Kier alpha value is -0.940. The fourth-order valence-corrected chi connectivity index (χ4v) is 2.48. The van der Waals surface area contributed by atoms with Crippen molar-refractivity contribution in [3.63, 3.8) is 0 Å². The maximum atomic E-state index is 12.1. The fraction of sp³-hybridized carbons (Fsp3) is 0.600. The van der Waals surface area contributed by atoms with Crippen molar-refractivity contribution in [2.45, 2.75) is 19.9 Å². The smallest absolute Gasteiger partial charge is 0.265 e. The average Bonchev–Trinajstić information content (AvgIpc) is 2.65. The Kier molecular flexibility index (Phi) is 3.02. The van der Waals surface area contributed by atoms with Crippen molar-refractivity contribution in [1.82, 2.24) is 15.2 Å². The first-order valence-corrected chi connectivity index (χ1v) is 5.94. The summed E-state index contributed by atoms with van der Waals surface area (Å²) in [5, 5.41) is 4.22. The molecule has 1 aliphatic rings. The molecule has 0 unspecified atom stereocenters. The third-order valence-corrected chi connectivity index (χ3v) is 3.49. The van der Waals surface area contributed by atoms with Crippen LogP contribution in [0.5, 0.6) is 0 Å². The number of carbonyl (C=O) groups excluding carboxylic acids is 1. The molecule has 1 amide bonds. The third-order valence-electron chi connectivity index (χ3n) is 2.59. The molecule has 2 rings (SSSR count). The van der Waals surface area contributed by atoms with Gasteiger partial charge in [-0.1, -0.05) is 0 Å². The van der Waals surface area contributed by atoms with Gasteiger partial charge < -0.3 is 10.2 Å². The van der Waals surface area contributed by atoms with Gasteiger partial charge in [-0.25, -0.2) is 4.98 Å². The second-order valence-corrected chi connectivity index (χ2v) is 5.03. The van der Waals surface area contributed by atoms with Crippen LogP contribution in [0.4, 0.5) is 0 Å². The Labute approximate surface area is 93.3 Å². The summed E-state index contributed by atoms with van der Waals surface area (Å²) in [7, 11) is 0. The molecule has 2 heterocycles. The number of aromatic nitrogens is 1. The number of nitrogens with zero attached hydrogens (tertiary/aromatic N) is 2. The minimum Gasteiger partial charge on any atom is -0.333 e. The van der Waals surface area contributed by atoms with Crippen molar-refractivity contribution in [3.05, 3.63) is 16.1 Å². The summed E-state index contributed by atoms with van der Waals surface area (Å²) < 4.78 is 0. The van der Waals surface area contributed by atoms with Gasteiger partial charge in [0.2, 0.25) is 0 Å². The average molecular weight is 225 g/mol. The normalized spacial score (nSPS) is 21.7. The largest absolute Gasteiger partial charge is 0.333 e. The zero-order chi connectivity index (χ0) is 10.8. The number of nitrogens with one attached hydrogen (secondary N) is 1. The van der Waals surface area contributed by atoms with E-state index in [-0.39, 0.29) is 11.9 Å². The maximum absolute atomic E-state index is 12.1. The highest BCUT2D eigenvalue weighted by molar-refractivity contribution is 7.13. The van der Waals surface area contributed by atoms with Crippen LogP contribution in [0, 0.1) is 6.92 Å². The number of hydrogen-bond donors (Lipinski definition) is 1. The van der Waals surface area contributed by atoms with Crippen molar-refractivity contribution in [2.75, 3.05) is 19.6 Å². The monoisotopic (exact) mass is 225 g/mol. The highest BCUT2D eigenvalue weighted by Crippen LogP contribution is 2.16. The van der Waals surface area contributed by atoms with E-state index in [0.29, 0.717) is 0 Å². The predicted octanol–water partition coefficient (Wildman–Crippen LogP) is 0.885. The molecule has 1 atom stereocenters. The number of hydrogen-bond acceptors (Lipinski definition) is 4. The van der Waals surface area contributed by atoms with Gasteiger partial charge in [0.25, 0.3) is 5.91 Å². The highest BCUT2D eigenvalue weighted by atomic mass is 32.1. The molecule has 0 aliphatic carbocycles. The topological polar surface area (TPSA) is 45.2 Å². The molecule has 1 aromatic rings. The van der Waals surface area contributed by atoms with E-state index < -0.39 is 0 Å².